The van der Waals surface area contributed by atoms with Crippen LogP contribution in [0, 0.1) is 5.41 Å². The number of hydrogen-bond donors (Lipinski definition) is 2. The zero-order valence-electron chi connectivity index (χ0n) is 10.6. The predicted octanol–water partition coefficient (Wildman–Crippen LogP) is 1.84. The Hall–Kier alpha value is -1.94. The van der Waals surface area contributed by atoms with Crippen molar-refractivity contribution >= 4 is 16.9 Å². The molecule has 1 unspecified atom stereocenters. The molecule has 1 aromatic carbocycles. The van der Waals surface area contributed by atoms with E-state index in [4.69, 9.17) is 0 Å². The van der Waals surface area contributed by atoms with E-state index in [1.807, 2.05) is 30.3 Å². The number of benzene rings is 1. The molecule has 0 aliphatic carbocycles. The van der Waals surface area contributed by atoms with Gasteiger partial charge in [-0.05, 0) is 43.1 Å². The van der Waals surface area contributed by atoms with E-state index in [1.165, 1.54) is 0 Å². The molecule has 4 heteroatoms. The SMILES string of the molecule is O=C(O)C1(Cc2ccc3ncccc3c2)CCNC1. The lowest BCUT2D eigenvalue weighted by Crippen LogP contribution is -2.35. The lowest BCUT2D eigenvalue weighted by atomic mass is 9.81. The number of carbonyl (C=O) groups is 1. The third-order valence-electron chi connectivity index (χ3n) is 3.91. The summed E-state index contributed by atoms with van der Waals surface area (Å²) in [6.45, 7) is 1.33. The normalized spacial score (nSPS) is 22.7. The number of hydrogen-bond acceptors (Lipinski definition) is 3. The van der Waals surface area contributed by atoms with Crippen molar-refractivity contribution in [3.63, 3.8) is 0 Å². The fraction of sp³-hybridized carbons (Fsp3) is 0.333. The highest BCUT2D eigenvalue weighted by atomic mass is 16.4. The third kappa shape index (κ3) is 2.19. The smallest absolute Gasteiger partial charge is 0.311 e. The zero-order valence-corrected chi connectivity index (χ0v) is 10.6. The highest BCUT2D eigenvalue weighted by molar-refractivity contribution is 5.80. The summed E-state index contributed by atoms with van der Waals surface area (Å²) in [4.78, 5) is 15.8. The van der Waals surface area contributed by atoms with E-state index in [0.29, 0.717) is 19.4 Å². The average molecular weight is 256 g/mol. The van der Waals surface area contributed by atoms with E-state index >= 15 is 0 Å². The van der Waals surface area contributed by atoms with Crippen molar-refractivity contribution < 1.29 is 9.90 Å². The van der Waals surface area contributed by atoms with Gasteiger partial charge in [-0.2, -0.15) is 0 Å². The molecule has 1 saturated heterocycles. The lowest BCUT2D eigenvalue weighted by Gasteiger charge is -2.23. The van der Waals surface area contributed by atoms with E-state index in [9.17, 15) is 9.90 Å². The Morgan fingerprint density at radius 3 is 3.05 bits per heavy atom. The summed E-state index contributed by atoms with van der Waals surface area (Å²) >= 11 is 0. The maximum Gasteiger partial charge on any atom is 0.311 e. The molecule has 19 heavy (non-hydrogen) atoms. The van der Waals surface area contributed by atoms with Gasteiger partial charge in [0.05, 0.1) is 10.9 Å². The number of aromatic nitrogens is 1. The summed E-state index contributed by atoms with van der Waals surface area (Å²) in [6.07, 6.45) is 3.02. The Labute approximate surface area is 111 Å². The number of carboxylic acid groups (broad SMARTS) is 1. The Morgan fingerprint density at radius 1 is 1.42 bits per heavy atom. The van der Waals surface area contributed by atoms with Crippen molar-refractivity contribution in [2.24, 2.45) is 5.41 Å². The Balaban J connectivity index is 1.94. The van der Waals surface area contributed by atoms with E-state index < -0.39 is 11.4 Å². The van der Waals surface area contributed by atoms with Crippen molar-refractivity contribution in [3.05, 3.63) is 42.1 Å². The van der Waals surface area contributed by atoms with Gasteiger partial charge in [0, 0.05) is 18.1 Å². The van der Waals surface area contributed by atoms with Crippen LogP contribution in [0.1, 0.15) is 12.0 Å². The van der Waals surface area contributed by atoms with Crippen LogP contribution in [0.5, 0.6) is 0 Å². The van der Waals surface area contributed by atoms with Crippen molar-refractivity contribution in [1.29, 1.82) is 0 Å². The number of fused-ring (bicyclic) bond motifs is 1. The molecule has 98 valence electrons. The molecule has 0 bridgehead atoms. The standard InChI is InChI=1S/C15H16N2O2/c18-14(19)15(5-7-16-10-15)9-11-3-4-13-12(8-11)2-1-6-17-13/h1-4,6,8,16H,5,7,9-10H2,(H,18,19). The van der Waals surface area contributed by atoms with Crippen LogP contribution in [-0.2, 0) is 11.2 Å². The monoisotopic (exact) mass is 256 g/mol. The van der Waals surface area contributed by atoms with Gasteiger partial charge in [-0.3, -0.25) is 9.78 Å². The maximum absolute atomic E-state index is 11.5. The summed E-state index contributed by atoms with van der Waals surface area (Å²) in [5, 5.41) is 13.7. The van der Waals surface area contributed by atoms with E-state index in [-0.39, 0.29) is 0 Å². The van der Waals surface area contributed by atoms with Crippen LogP contribution in [0.4, 0.5) is 0 Å². The van der Waals surface area contributed by atoms with Crippen LogP contribution in [0.25, 0.3) is 10.9 Å². The van der Waals surface area contributed by atoms with Gasteiger partial charge in [0.2, 0.25) is 0 Å². The molecule has 1 atom stereocenters. The zero-order chi connectivity index (χ0) is 13.3. The van der Waals surface area contributed by atoms with Crippen LogP contribution < -0.4 is 5.32 Å². The first-order chi connectivity index (χ1) is 9.20. The first-order valence-electron chi connectivity index (χ1n) is 6.47. The average Bonchev–Trinajstić information content (AvgIpc) is 2.88. The molecular formula is C15H16N2O2. The minimum Gasteiger partial charge on any atom is -0.481 e. The number of nitrogens with one attached hydrogen (secondary N) is 1. The minimum atomic E-state index is -0.705. The molecule has 0 amide bonds. The molecule has 4 nitrogen and oxygen atoms in total. The summed E-state index contributed by atoms with van der Waals surface area (Å²) in [7, 11) is 0. The van der Waals surface area contributed by atoms with Gasteiger partial charge in [-0.1, -0.05) is 12.1 Å². The van der Waals surface area contributed by atoms with Crippen LogP contribution in [-0.4, -0.2) is 29.1 Å². The summed E-state index contributed by atoms with van der Waals surface area (Å²) < 4.78 is 0. The second-order valence-electron chi connectivity index (χ2n) is 5.22. The molecule has 0 spiro atoms. The quantitative estimate of drug-likeness (QED) is 0.879. The van der Waals surface area contributed by atoms with Gasteiger partial charge in [0.15, 0.2) is 0 Å². The molecule has 2 aromatic rings. The van der Waals surface area contributed by atoms with E-state index in [2.05, 4.69) is 10.3 Å². The fourth-order valence-corrected chi connectivity index (χ4v) is 2.78. The van der Waals surface area contributed by atoms with Crippen molar-refractivity contribution in [2.75, 3.05) is 13.1 Å². The van der Waals surface area contributed by atoms with Crippen molar-refractivity contribution in [2.45, 2.75) is 12.8 Å². The first-order valence-corrected chi connectivity index (χ1v) is 6.47. The lowest BCUT2D eigenvalue weighted by molar-refractivity contribution is -0.147. The molecular weight excluding hydrogens is 240 g/mol. The number of nitrogens with zero attached hydrogens (tertiary/aromatic N) is 1. The van der Waals surface area contributed by atoms with E-state index in [1.54, 1.807) is 6.20 Å². The highest BCUT2D eigenvalue weighted by Crippen LogP contribution is 2.31. The topological polar surface area (TPSA) is 62.2 Å². The van der Waals surface area contributed by atoms with Gasteiger partial charge in [-0.25, -0.2) is 0 Å². The molecule has 1 aliphatic heterocycles. The molecule has 0 radical (unpaired) electrons. The molecule has 3 rings (SSSR count). The van der Waals surface area contributed by atoms with Crippen molar-refractivity contribution in [3.8, 4) is 0 Å². The van der Waals surface area contributed by atoms with E-state index in [0.717, 1.165) is 23.0 Å². The number of carboxylic acids is 1. The third-order valence-corrected chi connectivity index (χ3v) is 3.91. The van der Waals surface area contributed by atoms with Crippen molar-refractivity contribution in [1.82, 2.24) is 10.3 Å². The largest absolute Gasteiger partial charge is 0.481 e. The number of aliphatic carboxylic acids is 1. The Morgan fingerprint density at radius 2 is 2.32 bits per heavy atom. The second kappa shape index (κ2) is 4.63. The van der Waals surface area contributed by atoms with Crippen LogP contribution in [0.3, 0.4) is 0 Å². The molecule has 1 aromatic heterocycles. The molecule has 1 aliphatic rings. The first kappa shape index (κ1) is 12.1. The van der Waals surface area contributed by atoms with Gasteiger partial charge >= 0.3 is 5.97 Å². The number of rotatable bonds is 3. The maximum atomic E-state index is 11.5. The van der Waals surface area contributed by atoms with Gasteiger partial charge in [0.1, 0.15) is 0 Å². The Bertz CT molecular complexity index is 618. The molecule has 2 heterocycles. The van der Waals surface area contributed by atoms with Crippen LogP contribution >= 0.6 is 0 Å². The Kier molecular flexibility index (Phi) is 2.95. The second-order valence-corrected chi connectivity index (χ2v) is 5.22. The fourth-order valence-electron chi connectivity index (χ4n) is 2.78. The molecule has 0 saturated carbocycles. The molecule has 2 N–H and O–H groups in total. The van der Waals surface area contributed by atoms with Gasteiger partial charge in [0.25, 0.3) is 0 Å². The summed E-state index contributed by atoms with van der Waals surface area (Å²) in [5.41, 5.74) is 1.35. The molecule has 1 fully saturated rings. The van der Waals surface area contributed by atoms with Gasteiger partial charge in [-0.15, -0.1) is 0 Å². The predicted molar refractivity (Wildman–Crippen MR) is 73.0 cm³/mol. The number of pyridine rings is 1. The summed E-state index contributed by atoms with van der Waals surface area (Å²) in [6, 6.07) is 9.90. The minimum absolute atomic E-state index is 0.549. The van der Waals surface area contributed by atoms with Crippen LogP contribution in [0.2, 0.25) is 0 Å². The highest BCUT2D eigenvalue weighted by Gasteiger charge is 2.41. The van der Waals surface area contributed by atoms with Gasteiger partial charge < -0.3 is 10.4 Å². The summed E-state index contributed by atoms with van der Waals surface area (Å²) in [5.74, 6) is -0.705. The van der Waals surface area contributed by atoms with Crippen LogP contribution in [0.15, 0.2) is 36.5 Å².